The van der Waals surface area contributed by atoms with Gasteiger partial charge in [0.1, 0.15) is 0 Å². The van der Waals surface area contributed by atoms with E-state index in [0.717, 1.165) is 36.8 Å². The van der Waals surface area contributed by atoms with Gasteiger partial charge >= 0.3 is 0 Å². The second-order valence-electron chi connectivity index (χ2n) is 8.02. The van der Waals surface area contributed by atoms with E-state index < -0.39 is 0 Å². The number of rotatable bonds is 6. The van der Waals surface area contributed by atoms with Gasteiger partial charge < -0.3 is 10.6 Å². The summed E-state index contributed by atoms with van der Waals surface area (Å²) >= 11 is 0. The Morgan fingerprint density at radius 2 is 1.58 bits per heavy atom. The van der Waals surface area contributed by atoms with Crippen LogP contribution in [0.2, 0.25) is 0 Å². The summed E-state index contributed by atoms with van der Waals surface area (Å²) in [5, 5.41) is 5.80. The Morgan fingerprint density at radius 1 is 0.903 bits per heavy atom. The lowest BCUT2D eigenvalue weighted by Crippen LogP contribution is -2.39. The second kappa shape index (κ2) is 9.61. The monoisotopic (exact) mass is 412 g/mol. The average Bonchev–Trinajstić information content (AvgIpc) is 2.83. The number of hydrogen-bond donors (Lipinski definition) is 2. The van der Waals surface area contributed by atoms with Gasteiger partial charge in [-0.15, -0.1) is 0 Å². The lowest BCUT2D eigenvalue weighted by Gasteiger charge is -2.26. The Hall–Kier alpha value is -3.40. The predicted molar refractivity (Wildman–Crippen MR) is 124 cm³/mol. The molecule has 0 heterocycles. The zero-order valence-corrected chi connectivity index (χ0v) is 17.9. The maximum atomic E-state index is 12.5. The van der Waals surface area contributed by atoms with Crippen LogP contribution >= 0.6 is 0 Å². The molecule has 1 unspecified atom stereocenters. The van der Waals surface area contributed by atoms with Gasteiger partial charge in [-0.3, -0.25) is 9.59 Å². The molecule has 4 heteroatoms. The van der Waals surface area contributed by atoms with Gasteiger partial charge in [-0.05, 0) is 65.6 Å². The highest BCUT2D eigenvalue weighted by Crippen LogP contribution is 2.29. The number of carbonyl (C=O) groups excluding carboxylic acids is 2. The normalized spacial score (nSPS) is 15.1. The van der Waals surface area contributed by atoms with Crippen molar-refractivity contribution in [2.45, 2.75) is 38.6 Å². The molecule has 158 valence electrons. The van der Waals surface area contributed by atoms with E-state index in [9.17, 15) is 9.59 Å². The van der Waals surface area contributed by atoms with Crippen LogP contribution in [0.4, 0.5) is 0 Å². The fourth-order valence-electron chi connectivity index (χ4n) is 4.16. The average molecular weight is 413 g/mol. The largest absolute Gasteiger partial charge is 0.348 e. The number of aryl methyl sites for hydroxylation is 2. The van der Waals surface area contributed by atoms with E-state index in [1.54, 1.807) is 12.1 Å². The Balaban J connectivity index is 1.32. The summed E-state index contributed by atoms with van der Waals surface area (Å²) in [6.45, 7) is 2.11. The Morgan fingerprint density at radius 3 is 2.29 bits per heavy atom. The molecule has 2 N–H and O–H groups in total. The highest BCUT2D eigenvalue weighted by Gasteiger charge is 2.21. The highest BCUT2D eigenvalue weighted by atomic mass is 16.2. The Labute approximate surface area is 183 Å². The SMILES string of the molecule is CCc1ccc(-c2ccc(C(=O)NCC(=O)NC3CCCc4ccccc43)cc2)cc1. The van der Waals surface area contributed by atoms with Crippen LogP contribution in [-0.2, 0) is 17.6 Å². The van der Waals surface area contributed by atoms with Crippen molar-refractivity contribution in [2.75, 3.05) is 6.54 Å². The number of hydrogen-bond acceptors (Lipinski definition) is 2. The molecule has 31 heavy (non-hydrogen) atoms. The molecular formula is C27H28N2O2. The number of nitrogens with one attached hydrogen (secondary N) is 2. The molecule has 3 aromatic carbocycles. The van der Waals surface area contributed by atoms with Crippen LogP contribution < -0.4 is 10.6 Å². The van der Waals surface area contributed by atoms with Gasteiger partial charge in [0, 0.05) is 5.56 Å². The van der Waals surface area contributed by atoms with Crippen molar-refractivity contribution in [3.05, 3.63) is 95.1 Å². The van der Waals surface area contributed by atoms with Gasteiger partial charge in [0.05, 0.1) is 12.6 Å². The lowest BCUT2D eigenvalue weighted by molar-refractivity contribution is -0.121. The van der Waals surface area contributed by atoms with Gasteiger partial charge in [-0.2, -0.15) is 0 Å². The molecule has 0 saturated heterocycles. The van der Waals surface area contributed by atoms with Gasteiger partial charge in [0.2, 0.25) is 5.91 Å². The molecule has 0 spiro atoms. The number of benzene rings is 3. The first kappa shape index (κ1) is 20.9. The van der Waals surface area contributed by atoms with Crippen LogP contribution in [0.1, 0.15) is 52.9 Å². The summed E-state index contributed by atoms with van der Waals surface area (Å²) in [7, 11) is 0. The molecule has 3 aromatic rings. The molecule has 1 aliphatic carbocycles. The molecule has 0 aromatic heterocycles. The van der Waals surface area contributed by atoms with E-state index in [4.69, 9.17) is 0 Å². The summed E-state index contributed by atoms with van der Waals surface area (Å²) in [5.74, 6) is -0.408. The fourth-order valence-corrected chi connectivity index (χ4v) is 4.16. The fraction of sp³-hybridized carbons (Fsp3) is 0.259. The van der Waals surface area contributed by atoms with Crippen molar-refractivity contribution < 1.29 is 9.59 Å². The molecule has 2 amide bonds. The van der Waals surface area contributed by atoms with Crippen LogP contribution in [-0.4, -0.2) is 18.4 Å². The van der Waals surface area contributed by atoms with E-state index in [0.29, 0.717) is 5.56 Å². The predicted octanol–water partition coefficient (Wildman–Crippen LogP) is 4.84. The van der Waals surface area contributed by atoms with E-state index in [1.165, 1.54) is 16.7 Å². The minimum Gasteiger partial charge on any atom is -0.348 e. The molecule has 1 aliphatic rings. The summed E-state index contributed by atoms with van der Waals surface area (Å²) in [6, 6.07) is 24.2. The zero-order valence-electron chi connectivity index (χ0n) is 17.9. The van der Waals surface area contributed by atoms with Gasteiger partial charge in [0.15, 0.2) is 0 Å². The summed E-state index contributed by atoms with van der Waals surface area (Å²) in [5.41, 5.74) is 6.52. The van der Waals surface area contributed by atoms with Crippen LogP contribution in [0.3, 0.4) is 0 Å². The van der Waals surface area contributed by atoms with Crippen molar-refractivity contribution in [1.82, 2.24) is 10.6 Å². The highest BCUT2D eigenvalue weighted by molar-refractivity contribution is 5.96. The maximum absolute atomic E-state index is 12.5. The smallest absolute Gasteiger partial charge is 0.251 e. The zero-order chi connectivity index (χ0) is 21.6. The number of carbonyl (C=O) groups is 2. The van der Waals surface area contributed by atoms with Crippen LogP contribution in [0.25, 0.3) is 11.1 Å². The third-order valence-corrected chi connectivity index (χ3v) is 5.96. The number of amides is 2. The number of fused-ring (bicyclic) bond motifs is 1. The van der Waals surface area contributed by atoms with E-state index in [2.05, 4.69) is 54.0 Å². The van der Waals surface area contributed by atoms with Crippen molar-refractivity contribution in [3.63, 3.8) is 0 Å². The Bertz CT molecular complexity index is 1060. The van der Waals surface area contributed by atoms with Gasteiger partial charge in [-0.1, -0.05) is 67.6 Å². The van der Waals surface area contributed by atoms with Crippen LogP contribution in [0, 0.1) is 0 Å². The van der Waals surface area contributed by atoms with Crippen molar-refractivity contribution in [2.24, 2.45) is 0 Å². The molecule has 0 radical (unpaired) electrons. The molecule has 0 fully saturated rings. The lowest BCUT2D eigenvalue weighted by atomic mass is 9.88. The second-order valence-corrected chi connectivity index (χ2v) is 8.02. The quantitative estimate of drug-likeness (QED) is 0.609. The first-order chi connectivity index (χ1) is 15.1. The molecule has 4 nitrogen and oxygen atoms in total. The third-order valence-electron chi connectivity index (χ3n) is 5.96. The van der Waals surface area contributed by atoms with Crippen molar-refractivity contribution >= 4 is 11.8 Å². The molecule has 4 rings (SSSR count). The minimum atomic E-state index is -0.243. The first-order valence-electron chi connectivity index (χ1n) is 11.0. The molecule has 0 aliphatic heterocycles. The topological polar surface area (TPSA) is 58.2 Å². The van der Waals surface area contributed by atoms with Gasteiger partial charge in [-0.25, -0.2) is 0 Å². The molecule has 1 atom stereocenters. The summed E-state index contributed by atoms with van der Waals surface area (Å²) in [4.78, 5) is 24.9. The van der Waals surface area contributed by atoms with Crippen LogP contribution in [0.15, 0.2) is 72.8 Å². The minimum absolute atomic E-state index is 0.0210. The Kier molecular flexibility index (Phi) is 6.46. The first-order valence-corrected chi connectivity index (χ1v) is 11.0. The van der Waals surface area contributed by atoms with E-state index >= 15 is 0 Å². The molecule has 0 bridgehead atoms. The molecular weight excluding hydrogens is 384 g/mol. The van der Waals surface area contributed by atoms with Gasteiger partial charge in [0.25, 0.3) is 5.91 Å². The van der Waals surface area contributed by atoms with E-state index in [1.807, 2.05) is 24.3 Å². The van der Waals surface area contributed by atoms with E-state index in [-0.39, 0.29) is 24.4 Å². The van der Waals surface area contributed by atoms with Crippen LogP contribution in [0.5, 0.6) is 0 Å². The maximum Gasteiger partial charge on any atom is 0.251 e. The summed E-state index contributed by atoms with van der Waals surface area (Å²) < 4.78 is 0. The standard InChI is InChI=1S/C27H28N2O2/c1-2-19-10-12-20(13-11-19)21-14-16-23(17-15-21)27(31)28-18-26(30)29-25-9-5-7-22-6-3-4-8-24(22)25/h3-4,6,8,10-17,25H,2,5,7,9,18H2,1H3,(H,28,31)(H,29,30). The van der Waals surface area contributed by atoms with Crippen molar-refractivity contribution in [3.8, 4) is 11.1 Å². The van der Waals surface area contributed by atoms with Crippen molar-refractivity contribution in [1.29, 1.82) is 0 Å². The summed E-state index contributed by atoms with van der Waals surface area (Å²) in [6.07, 6.45) is 4.05. The third kappa shape index (κ3) is 5.02. The molecule has 0 saturated carbocycles.